The fraction of sp³-hybridized carbons (Fsp3) is 1.00. The SMILES string of the molecule is NC1C(O[C@H]2CO[C@@H](O[C@@H]3C(COS(=O)(=O)O)O[C@@H](O[C@H]4CO[C@@H](O[C@@H]5C(COS(=O)(=O)O)O[C@H](O)C(N)[C@H]5O)C[C@@H]4O)C(N)[C@H]3O)C[C@@H]2O)OC(CO)[C@@H](O[C@H]2C[C@H](O)C(O[C@@H]3OC(COS(=O)(=O)O)[C@@H](O[C@H]4C[C@H](O)[C@H](O)CO4)[C@H](O)C3N)CO2)[C@@H]1O. The van der Waals surface area contributed by atoms with Gasteiger partial charge in [0.2, 0.25) is 0 Å². The number of nitrogens with two attached hydrogens (primary N) is 4. The maximum atomic E-state index is 11.7. The van der Waals surface area contributed by atoms with Crippen molar-refractivity contribution in [3.63, 3.8) is 0 Å². The molecule has 0 bridgehead atoms. The lowest BCUT2D eigenvalue weighted by Crippen LogP contribution is -2.66. The zero-order chi connectivity index (χ0) is 65.2. The second-order valence-corrected chi connectivity index (χ2v) is 25.3. The fourth-order valence-corrected chi connectivity index (χ4v) is 11.7. The predicted molar refractivity (Wildman–Crippen MR) is 274 cm³/mol. The van der Waals surface area contributed by atoms with Crippen LogP contribution in [0.1, 0.15) is 25.7 Å². The van der Waals surface area contributed by atoms with E-state index < -0.39 is 287 Å². The maximum Gasteiger partial charge on any atom is 0.397 e. The summed E-state index contributed by atoms with van der Waals surface area (Å²) in [5.41, 5.74) is 24.7. The molecule has 0 aromatic carbocycles. The Morgan fingerprint density at radius 2 is 0.640 bits per heavy atom. The molecule has 0 aliphatic carbocycles. The molecule has 42 nitrogen and oxygen atoms in total. The van der Waals surface area contributed by atoms with E-state index in [9.17, 15) is 90.5 Å². The smallest absolute Gasteiger partial charge is 0.394 e. The van der Waals surface area contributed by atoms with Crippen LogP contribution in [0.25, 0.3) is 0 Å². The summed E-state index contributed by atoms with van der Waals surface area (Å²) in [6.45, 7) is -5.64. The van der Waals surface area contributed by atoms with Crippen molar-refractivity contribution < 1.29 is 179 Å². The minimum absolute atomic E-state index is 0.271. The van der Waals surface area contributed by atoms with E-state index >= 15 is 0 Å². The number of aliphatic hydroxyl groups is 11. The normalized spacial score (nSPS) is 47.4. The molecule has 0 saturated carbocycles. The van der Waals surface area contributed by atoms with Crippen LogP contribution in [0, 0.1) is 0 Å². The molecule has 0 amide bonds. The molecule has 45 heteroatoms. The van der Waals surface area contributed by atoms with Crippen LogP contribution >= 0.6 is 0 Å². The second-order valence-electron chi connectivity index (χ2n) is 22.0. The van der Waals surface area contributed by atoms with Crippen LogP contribution in [0.5, 0.6) is 0 Å². The third-order valence-electron chi connectivity index (χ3n) is 15.6. The van der Waals surface area contributed by atoms with Gasteiger partial charge in [0.25, 0.3) is 0 Å². The summed E-state index contributed by atoms with van der Waals surface area (Å²) in [5.74, 6) is 0. The number of ether oxygens (including phenoxy) is 15. The summed E-state index contributed by atoms with van der Waals surface area (Å²) in [7, 11) is -15.3. The van der Waals surface area contributed by atoms with Crippen LogP contribution in [-0.4, -0.2) is 345 Å². The van der Waals surface area contributed by atoms with E-state index in [1.807, 2.05) is 0 Å². The molecule has 0 radical (unpaired) electrons. The molecule has 8 aliphatic rings. The van der Waals surface area contributed by atoms with Crippen LogP contribution in [0.4, 0.5) is 0 Å². The van der Waals surface area contributed by atoms with Gasteiger partial charge in [0, 0.05) is 25.7 Å². The van der Waals surface area contributed by atoms with E-state index in [-0.39, 0.29) is 19.4 Å². The highest BCUT2D eigenvalue weighted by Crippen LogP contribution is 2.36. The highest BCUT2D eigenvalue weighted by atomic mass is 32.3. The van der Waals surface area contributed by atoms with Crippen LogP contribution in [-0.2, 0) is 115 Å². The lowest BCUT2D eigenvalue weighted by atomic mass is 9.96. The van der Waals surface area contributed by atoms with Crippen LogP contribution in [0.2, 0.25) is 0 Å². The van der Waals surface area contributed by atoms with Crippen molar-refractivity contribution in [2.75, 3.05) is 52.9 Å². The first-order chi connectivity index (χ1) is 41.7. The zero-order valence-corrected chi connectivity index (χ0v) is 49.0. The van der Waals surface area contributed by atoms with Crippen molar-refractivity contribution >= 4 is 31.2 Å². The number of hydrogen-bond acceptors (Lipinski definition) is 39. The van der Waals surface area contributed by atoms with Gasteiger partial charge < -0.3 is 150 Å². The molecule has 8 saturated heterocycles. The van der Waals surface area contributed by atoms with Gasteiger partial charge in [-0.05, 0) is 0 Å². The third kappa shape index (κ3) is 19.3. The predicted octanol–water partition coefficient (Wildman–Crippen LogP) is -12.4. The number of rotatable bonds is 24. The van der Waals surface area contributed by atoms with Gasteiger partial charge in [-0.2, -0.15) is 25.3 Å². The monoisotopic (exact) mass is 1370 g/mol. The Morgan fingerprint density at radius 3 is 0.944 bits per heavy atom. The molecular weight excluding hydrogens is 1290 g/mol. The molecule has 10 unspecified atom stereocenters. The van der Waals surface area contributed by atoms with Gasteiger partial charge in [0.15, 0.2) is 50.3 Å². The van der Waals surface area contributed by atoms with Crippen molar-refractivity contribution in [2.24, 2.45) is 22.9 Å². The standard InChI is InChI=1S/C44H78N4O38S3/c45-29-33(55)38(22(76-41(29)59)10-73-87(60,61)62)85-27-3-16(53)21(9-71-27)80-44-32(48)36(58)40(24(82-44)12-75-89(66,67)68)86-28-4-15(52)19(7-72-28)78-42-30(46)34(56)37(18(5-49)77-42)83-26-2-14(51)20(8-70-26)79-43-31(47)35(57)39(23(81-43)11-74-88(63,64)65)84-25-1-13(50)17(54)6-69-25/h13-44,49-59H,1-12,45-48H2,(H,60,61,62)(H,63,64,65)(H,66,67,68)/t13-,14-,15-,16-,17+,18?,19-,20?,21-,22?,23?,24?,25-,26-,27-,28-,29?,30?,31?,32?,33+,34+,35+,36+,37+,38+,39+,40+,41-,42?,43+,44+/m0/s1. The van der Waals surface area contributed by atoms with Crippen LogP contribution < -0.4 is 22.9 Å². The molecule has 520 valence electrons. The molecule has 0 aromatic rings. The van der Waals surface area contributed by atoms with Gasteiger partial charge in [0.1, 0.15) is 97.7 Å². The lowest BCUT2D eigenvalue weighted by molar-refractivity contribution is -0.350. The Kier molecular flexibility index (Phi) is 25.6. The summed E-state index contributed by atoms with van der Waals surface area (Å²) in [6, 6.07) is -5.99. The highest BCUT2D eigenvalue weighted by molar-refractivity contribution is 7.81. The first-order valence-corrected chi connectivity index (χ1v) is 31.7. The van der Waals surface area contributed by atoms with E-state index in [0.717, 1.165) is 0 Å². The summed E-state index contributed by atoms with van der Waals surface area (Å²) in [5, 5.41) is 119. The van der Waals surface area contributed by atoms with Crippen molar-refractivity contribution in [2.45, 2.75) is 222 Å². The zero-order valence-electron chi connectivity index (χ0n) is 46.6. The number of hydrogen-bond donors (Lipinski definition) is 18. The molecule has 32 atom stereocenters. The highest BCUT2D eigenvalue weighted by Gasteiger charge is 2.54. The van der Waals surface area contributed by atoms with E-state index in [0.29, 0.717) is 0 Å². The van der Waals surface area contributed by atoms with E-state index in [2.05, 4.69) is 12.5 Å². The summed E-state index contributed by atoms with van der Waals surface area (Å²) >= 11 is 0. The summed E-state index contributed by atoms with van der Waals surface area (Å²) in [4.78, 5) is 0. The quantitative estimate of drug-likeness (QED) is 0.0399. The molecule has 22 N–H and O–H groups in total. The Morgan fingerprint density at radius 1 is 0.360 bits per heavy atom. The molecule has 8 fully saturated rings. The molecule has 89 heavy (non-hydrogen) atoms. The minimum Gasteiger partial charge on any atom is -0.394 e. The van der Waals surface area contributed by atoms with E-state index in [1.54, 1.807) is 0 Å². The topological polar surface area (TPSA) is 656 Å². The van der Waals surface area contributed by atoms with Gasteiger partial charge in [-0.1, -0.05) is 0 Å². The summed E-state index contributed by atoms with van der Waals surface area (Å²) in [6.07, 6.45) is -43.9. The molecule has 0 spiro atoms. The molecule has 8 aliphatic heterocycles. The van der Waals surface area contributed by atoms with E-state index in [4.69, 9.17) is 98.5 Å². The van der Waals surface area contributed by atoms with Crippen LogP contribution in [0.3, 0.4) is 0 Å². The fourth-order valence-electron chi connectivity index (χ4n) is 10.7. The first kappa shape index (κ1) is 73.2. The Hall–Kier alpha value is -1.59. The molecule has 8 rings (SSSR count). The number of aliphatic hydroxyl groups excluding tert-OH is 11. The minimum atomic E-state index is -5.17. The third-order valence-corrected chi connectivity index (χ3v) is 16.9. The van der Waals surface area contributed by atoms with Gasteiger partial charge in [-0.3, -0.25) is 13.7 Å². The average molecular weight is 1370 g/mol. The first-order valence-electron chi connectivity index (χ1n) is 27.6. The van der Waals surface area contributed by atoms with E-state index in [1.165, 1.54) is 0 Å². The van der Waals surface area contributed by atoms with Gasteiger partial charge in [-0.15, -0.1) is 0 Å². The van der Waals surface area contributed by atoms with Crippen molar-refractivity contribution in [1.82, 2.24) is 0 Å². The van der Waals surface area contributed by atoms with Crippen molar-refractivity contribution in [3.05, 3.63) is 0 Å². The maximum absolute atomic E-state index is 11.7. The summed E-state index contributed by atoms with van der Waals surface area (Å²) < 4.78 is 196. The Balaban J connectivity index is 0.807. The second kappa shape index (κ2) is 31.1. The average Bonchev–Trinajstić information content (AvgIpc) is 1.93. The molecule has 8 heterocycles. The van der Waals surface area contributed by atoms with Gasteiger partial charge in [-0.25, -0.2) is 12.5 Å². The lowest BCUT2D eigenvalue weighted by Gasteiger charge is -2.47. The van der Waals surface area contributed by atoms with Gasteiger partial charge >= 0.3 is 31.2 Å². The van der Waals surface area contributed by atoms with Crippen LogP contribution in [0.15, 0.2) is 0 Å². The van der Waals surface area contributed by atoms with Gasteiger partial charge in [0.05, 0.1) is 101 Å². The van der Waals surface area contributed by atoms with Crippen molar-refractivity contribution in [1.29, 1.82) is 0 Å². The molecule has 0 aromatic heterocycles. The Bertz CT molecular complexity index is 2580. The van der Waals surface area contributed by atoms with Crippen molar-refractivity contribution in [3.8, 4) is 0 Å². The Labute approximate surface area is 506 Å². The largest absolute Gasteiger partial charge is 0.397 e. The molecular formula is C44H78N4O38S3.